The first-order chi connectivity index (χ1) is 6.07. The topological polar surface area (TPSA) is 29.1 Å². The molecule has 0 aliphatic rings. The maximum atomic E-state index is 11.1. The van der Waals surface area contributed by atoms with Gasteiger partial charge >= 0.3 is 0 Å². The van der Waals surface area contributed by atoms with Crippen LogP contribution < -0.4 is 5.31 Å². The summed E-state index contributed by atoms with van der Waals surface area (Å²) < 4.78 is 7.16. The summed E-state index contributed by atoms with van der Waals surface area (Å²) >= 11 is 0. The highest BCUT2D eigenvalue weighted by atomic mass is 16.1. The van der Waals surface area contributed by atoms with E-state index < -0.39 is 0 Å². The molecule has 0 aliphatic heterocycles. The van der Waals surface area contributed by atoms with Gasteiger partial charge in [-0.25, -0.2) is 0 Å². The third kappa shape index (κ3) is 5.30. The van der Waals surface area contributed by atoms with Crippen LogP contribution in [0.25, 0.3) is 0 Å². The summed E-state index contributed by atoms with van der Waals surface area (Å²) in [5, 5.41) is 1.44. The van der Waals surface area contributed by atoms with Crippen LogP contribution in [0, 0.1) is 5.92 Å². The second-order valence-corrected chi connectivity index (χ2v) is 3.25. The predicted octanol–water partition coefficient (Wildman–Crippen LogP) is 1.99. The number of hydrogen-bond donors (Lipinski definition) is 1. The van der Waals surface area contributed by atoms with Crippen molar-refractivity contribution in [1.82, 2.24) is 5.31 Å². The zero-order valence-corrected chi connectivity index (χ0v) is 8.47. The number of carbonyl (C=O) groups excluding carboxylic acids is 1. The second-order valence-electron chi connectivity index (χ2n) is 3.25. The molecule has 0 heterocycles. The molecule has 0 aromatic rings. The molecule has 0 fully saturated rings. The molecule has 0 aliphatic carbocycles. The summed E-state index contributed by atoms with van der Waals surface area (Å²) in [4.78, 5) is 11.1. The molecule has 1 N–H and O–H groups in total. The molecule has 0 amide bonds. The quantitative estimate of drug-likeness (QED) is 0.595. The fraction of sp³-hybridized carbons (Fsp3) is 0.900. The lowest BCUT2D eigenvalue weighted by molar-refractivity contribution is -0.121. The van der Waals surface area contributed by atoms with Crippen molar-refractivity contribution in [3.05, 3.63) is 0 Å². The van der Waals surface area contributed by atoms with Gasteiger partial charge in [-0.2, -0.15) is 0 Å². The van der Waals surface area contributed by atoms with Crippen LogP contribution in [0.15, 0.2) is 0 Å². The minimum atomic E-state index is 0.246. The lowest BCUT2D eigenvalue weighted by Gasteiger charge is -2.09. The first-order valence-electron chi connectivity index (χ1n) is 5.23. The van der Waals surface area contributed by atoms with Gasteiger partial charge in [-0.1, -0.05) is 13.3 Å². The third-order valence-corrected chi connectivity index (χ3v) is 2.25. The maximum absolute atomic E-state index is 11.1. The minimum absolute atomic E-state index is 0.246. The average molecular weight is 172 g/mol. The van der Waals surface area contributed by atoms with Crippen molar-refractivity contribution in [3.8, 4) is 0 Å². The van der Waals surface area contributed by atoms with Crippen LogP contribution >= 0.6 is 0 Å². The Labute approximate surface area is 77.2 Å². The number of rotatable bonds is 7. The first-order valence-corrected chi connectivity index (χ1v) is 4.78. The average Bonchev–Trinajstić information content (AvgIpc) is 2.03. The molecule has 0 aromatic carbocycles. The highest BCUT2D eigenvalue weighted by molar-refractivity contribution is 5.78. The van der Waals surface area contributed by atoms with Crippen molar-refractivity contribution >= 4 is 5.78 Å². The number of Topliss-reactive ketones (excluding diaryl/α,β-unsaturated/α-hetero) is 1. The van der Waals surface area contributed by atoms with Crippen molar-refractivity contribution in [2.24, 2.45) is 5.92 Å². The Kier molecular flexibility index (Phi) is 5.90. The fourth-order valence-electron chi connectivity index (χ4n) is 1.36. The highest BCUT2D eigenvalue weighted by Gasteiger charge is 2.10. The molecule has 1 atom stereocenters. The van der Waals surface area contributed by atoms with Crippen molar-refractivity contribution in [3.63, 3.8) is 0 Å². The van der Waals surface area contributed by atoms with Crippen LogP contribution in [0.2, 0.25) is 1.41 Å². The molecule has 0 radical (unpaired) electrons. The molecule has 0 rings (SSSR count). The van der Waals surface area contributed by atoms with Gasteiger partial charge in [0.2, 0.25) is 0 Å². The van der Waals surface area contributed by atoms with Crippen molar-refractivity contribution < 1.29 is 6.21 Å². The van der Waals surface area contributed by atoms with Gasteiger partial charge in [0.05, 0.1) is 0 Å². The van der Waals surface area contributed by atoms with Crippen LogP contribution in [0.5, 0.6) is 0 Å². The van der Waals surface area contributed by atoms with E-state index in [1.165, 1.54) is 5.31 Å². The van der Waals surface area contributed by atoms with E-state index in [0.717, 1.165) is 32.2 Å². The van der Waals surface area contributed by atoms with Crippen LogP contribution in [-0.2, 0) is 4.79 Å². The van der Waals surface area contributed by atoms with E-state index >= 15 is 0 Å². The van der Waals surface area contributed by atoms with E-state index in [0.29, 0.717) is 5.78 Å². The van der Waals surface area contributed by atoms with Crippen LogP contribution in [-0.4, -0.2) is 19.4 Å². The molecular formula is C10H21NO. The Balaban J connectivity index is 3.44. The first kappa shape index (κ1) is 9.72. The minimum Gasteiger partial charge on any atom is -0.320 e. The fourth-order valence-corrected chi connectivity index (χ4v) is 1.36. The van der Waals surface area contributed by atoms with Gasteiger partial charge in [-0.3, -0.25) is 4.79 Å². The van der Waals surface area contributed by atoms with Crippen molar-refractivity contribution in [2.75, 3.05) is 13.6 Å². The molecule has 0 saturated heterocycles. The summed E-state index contributed by atoms with van der Waals surface area (Å²) in [7, 11) is 1.75. The predicted molar refractivity (Wildman–Crippen MR) is 52.2 cm³/mol. The summed E-state index contributed by atoms with van der Waals surface area (Å²) in [5.41, 5.74) is 0. The summed E-state index contributed by atoms with van der Waals surface area (Å²) in [6.45, 7) is 4.53. The summed E-state index contributed by atoms with van der Waals surface area (Å²) in [6, 6.07) is 0. The lowest BCUT2D eigenvalue weighted by atomic mass is 9.96. The van der Waals surface area contributed by atoms with Crippen molar-refractivity contribution in [1.29, 1.82) is 0 Å². The highest BCUT2D eigenvalue weighted by Crippen LogP contribution is 2.12. The van der Waals surface area contributed by atoms with Gasteiger partial charge in [-0.15, -0.1) is 0 Å². The number of hydrogen-bond acceptors (Lipinski definition) is 2. The monoisotopic (exact) mass is 172 g/mol. The van der Waals surface area contributed by atoms with Crippen LogP contribution in [0.1, 0.15) is 39.5 Å². The molecule has 2 nitrogen and oxygen atoms in total. The van der Waals surface area contributed by atoms with Gasteiger partial charge in [0.1, 0.15) is 7.20 Å². The van der Waals surface area contributed by atoms with Gasteiger partial charge in [0.25, 0.3) is 0 Å². The Morgan fingerprint density at radius 2 is 2.25 bits per heavy atom. The summed E-state index contributed by atoms with van der Waals surface area (Å²) in [6.07, 6.45) is 4.01. The molecule has 0 aromatic heterocycles. The van der Waals surface area contributed by atoms with E-state index in [9.17, 15) is 4.79 Å². The van der Waals surface area contributed by atoms with E-state index in [4.69, 9.17) is 1.41 Å². The zero-order chi connectivity index (χ0) is 10.3. The number of unbranched alkanes of at least 4 members (excludes halogenated alkanes) is 1. The molecular weight excluding hydrogens is 150 g/mol. The Bertz CT molecular complexity index is 148. The van der Waals surface area contributed by atoms with Crippen LogP contribution in [0.4, 0.5) is 0 Å². The molecule has 0 spiro atoms. The van der Waals surface area contributed by atoms with E-state index in [2.05, 4.69) is 6.92 Å². The van der Waals surface area contributed by atoms with Gasteiger partial charge in [0, 0.05) is 5.92 Å². The van der Waals surface area contributed by atoms with Gasteiger partial charge in [-0.05, 0) is 39.8 Å². The second kappa shape index (κ2) is 7.29. The standard InChI is InChI=1S/C10H21NO/c1-4-10(9(2)12)7-5-6-8-11-3/h10-11H,4-8H2,1-3H3/i/hD. The number of carbonyl (C=O) groups is 1. The SMILES string of the molecule is [2H]N(C)CCCCC(CC)C(C)=O. The molecule has 0 saturated carbocycles. The third-order valence-electron chi connectivity index (χ3n) is 2.25. The molecule has 72 valence electrons. The lowest BCUT2D eigenvalue weighted by Crippen LogP contribution is -2.11. The Morgan fingerprint density at radius 3 is 2.67 bits per heavy atom. The zero-order valence-electron chi connectivity index (χ0n) is 9.47. The summed E-state index contributed by atoms with van der Waals surface area (Å²) in [5.74, 6) is 0.553. The number of ketones is 1. The van der Waals surface area contributed by atoms with E-state index in [1.54, 1.807) is 14.0 Å². The van der Waals surface area contributed by atoms with E-state index in [-0.39, 0.29) is 5.92 Å². The Morgan fingerprint density at radius 1 is 1.58 bits per heavy atom. The molecule has 2 heteroatoms. The number of nitrogens with one attached hydrogen (secondary N) is 1. The smallest absolute Gasteiger partial charge is 0.132 e. The molecule has 12 heavy (non-hydrogen) atoms. The van der Waals surface area contributed by atoms with Crippen LogP contribution in [0.3, 0.4) is 0 Å². The Hall–Kier alpha value is -0.370. The molecule has 0 bridgehead atoms. The van der Waals surface area contributed by atoms with Gasteiger partial charge < -0.3 is 5.31 Å². The van der Waals surface area contributed by atoms with E-state index in [1.807, 2.05) is 0 Å². The van der Waals surface area contributed by atoms with Crippen molar-refractivity contribution in [2.45, 2.75) is 39.5 Å². The van der Waals surface area contributed by atoms with Gasteiger partial charge in [0.15, 0.2) is 0 Å². The molecule has 1 unspecified atom stereocenters. The normalized spacial score (nSPS) is 14.5. The maximum Gasteiger partial charge on any atom is 0.132 e. The largest absolute Gasteiger partial charge is 0.320 e.